The summed E-state index contributed by atoms with van der Waals surface area (Å²) in [6, 6.07) is 26.5. The summed E-state index contributed by atoms with van der Waals surface area (Å²) >= 11 is 0. The topological polar surface area (TPSA) is 84.0 Å². The molecule has 3 aromatic heterocycles. The number of benzene rings is 3. The number of nitrogens with zero attached hydrogens (tertiary/aromatic N) is 4. The first-order chi connectivity index (χ1) is 18.2. The second-order valence-electron chi connectivity index (χ2n) is 10.5. The maximum atomic E-state index is 10.3. The van der Waals surface area contributed by atoms with Crippen molar-refractivity contribution in [1.82, 2.24) is 14.5 Å². The first-order valence-electron chi connectivity index (χ1n) is 12.4. The van der Waals surface area contributed by atoms with Crippen LogP contribution in [-0.2, 0) is 26.5 Å². The van der Waals surface area contributed by atoms with E-state index in [-0.39, 0.29) is 32.2 Å². The summed E-state index contributed by atoms with van der Waals surface area (Å²) in [6.45, 7) is 8.68. The fraction of sp³-hybridized carbons (Fsp3) is 0.156. The van der Waals surface area contributed by atoms with Crippen LogP contribution in [0.25, 0.3) is 38.5 Å². The minimum Gasteiger partial charge on any atom is -0.506 e. The molecule has 0 spiro atoms. The van der Waals surface area contributed by atoms with Crippen LogP contribution in [0.4, 0.5) is 0 Å². The standard InChI is InChI=1S/C32H25N4O2.Pt/c1-19-13-14-34-29(15-19)36-26-10-6-21(32(2,3)4)16-25(26)24-8-7-22(17-27(24)36)38-30-12-9-23-20(18-33)5-11-28(37)31(23)35-30;/h5-16,37H,1-4H3;/q-1;. The Morgan fingerprint density at radius 3 is 2.49 bits per heavy atom. The van der Waals surface area contributed by atoms with E-state index in [2.05, 4.69) is 71.7 Å². The van der Waals surface area contributed by atoms with E-state index in [1.54, 1.807) is 18.2 Å². The van der Waals surface area contributed by atoms with Crippen molar-refractivity contribution in [3.05, 3.63) is 95.7 Å². The Kier molecular flexibility index (Phi) is 6.66. The molecule has 1 N–H and O–H groups in total. The van der Waals surface area contributed by atoms with Crippen LogP contribution in [0.15, 0.2) is 72.9 Å². The van der Waals surface area contributed by atoms with Gasteiger partial charge in [0.25, 0.3) is 0 Å². The maximum absolute atomic E-state index is 10.3. The van der Waals surface area contributed by atoms with Gasteiger partial charge in [-0.2, -0.15) is 11.3 Å². The minimum absolute atomic E-state index is 0. The van der Waals surface area contributed by atoms with Crippen molar-refractivity contribution in [1.29, 1.82) is 5.26 Å². The number of phenolic OH excluding ortho intramolecular Hbond substituents is 1. The molecule has 6 rings (SSSR count). The summed E-state index contributed by atoms with van der Waals surface area (Å²) < 4.78 is 8.22. The number of aromatic hydroxyl groups is 1. The molecule has 0 aliphatic heterocycles. The van der Waals surface area contributed by atoms with Gasteiger partial charge in [-0.15, -0.1) is 17.5 Å². The Hall–Kier alpha value is -4.20. The third-order valence-electron chi connectivity index (χ3n) is 6.79. The molecule has 0 radical (unpaired) electrons. The van der Waals surface area contributed by atoms with E-state index in [9.17, 15) is 10.4 Å². The summed E-state index contributed by atoms with van der Waals surface area (Å²) in [7, 11) is 0. The molecule has 6 nitrogen and oxygen atoms in total. The number of aryl methyl sites for hydroxylation is 1. The molecule has 0 atom stereocenters. The van der Waals surface area contributed by atoms with E-state index in [4.69, 9.17) is 4.74 Å². The van der Waals surface area contributed by atoms with Crippen molar-refractivity contribution >= 4 is 32.7 Å². The molecule has 0 unspecified atom stereocenters. The van der Waals surface area contributed by atoms with Crippen LogP contribution < -0.4 is 4.74 Å². The molecule has 7 heteroatoms. The van der Waals surface area contributed by atoms with E-state index in [1.165, 1.54) is 11.6 Å². The normalized spacial score (nSPS) is 11.5. The molecule has 0 bridgehead atoms. The molecule has 0 saturated heterocycles. The van der Waals surface area contributed by atoms with E-state index in [1.807, 2.05) is 31.3 Å². The number of aromatic nitrogens is 3. The minimum atomic E-state index is -0.0100. The largest absolute Gasteiger partial charge is 0.506 e. The third-order valence-corrected chi connectivity index (χ3v) is 6.79. The van der Waals surface area contributed by atoms with Crippen molar-refractivity contribution in [2.24, 2.45) is 0 Å². The van der Waals surface area contributed by atoms with Crippen LogP contribution in [0.3, 0.4) is 0 Å². The van der Waals surface area contributed by atoms with Gasteiger partial charge >= 0.3 is 0 Å². The Labute approximate surface area is 240 Å². The zero-order valence-electron chi connectivity index (χ0n) is 21.9. The van der Waals surface area contributed by atoms with Crippen molar-refractivity contribution in [3.63, 3.8) is 0 Å². The monoisotopic (exact) mass is 692 g/mol. The molecule has 0 aliphatic carbocycles. The molecular formula is C32H25N4O2Pt-. The first-order valence-corrected chi connectivity index (χ1v) is 12.4. The zero-order chi connectivity index (χ0) is 26.6. The van der Waals surface area contributed by atoms with Gasteiger partial charge in [0.1, 0.15) is 17.1 Å². The number of phenols is 1. The van der Waals surface area contributed by atoms with Crippen molar-refractivity contribution < 1.29 is 30.9 Å². The van der Waals surface area contributed by atoms with E-state index >= 15 is 0 Å². The van der Waals surface area contributed by atoms with Crippen LogP contribution >= 0.6 is 0 Å². The summed E-state index contributed by atoms with van der Waals surface area (Å²) in [6.07, 6.45) is 1.81. The molecule has 3 aromatic carbocycles. The summed E-state index contributed by atoms with van der Waals surface area (Å²) in [5, 5.41) is 22.4. The van der Waals surface area contributed by atoms with Crippen molar-refractivity contribution in [3.8, 4) is 29.3 Å². The van der Waals surface area contributed by atoms with Gasteiger partial charge in [0, 0.05) is 50.0 Å². The van der Waals surface area contributed by atoms with Gasteiger partial charge in [0.15, 0.2) is 0 Å². The number of hydrogen-bond acceptors (Lipinski definition) is 5. The van der Waals surface area contributed by atoms with E-state index in [0.717, 1.165) is 33.2 Å². The van der Waals surface area contributed by atoms with Crippen LogP contribution in [0, 0.1) is 24.3 Å². The summed E-state index contributed by atoms with van der Waals surface area (Å²) in [4.78, 5) is 9.13. The number of hydrogen-bond donors (Lipinski definition) is 1. The fourth-order valence-corrected chi connectivity index (χ4v) is 4.78. The molecule has 3 heterocycles. The maximum Gasteiger partial charge on any atom is 0.217 e. The van der Waals surface area contributed by atoms with Gasteiger partial charge in [-0.25, -0.2) is 9.97 Å². The predicted molar refractivity (Wildman–Crippen MR) is 149 cm³/mol. The average molecular weight is 693 g/mol. The van der Waals surface area contributed by atoms with Crippen LogP contribution in [-0.4, -0.2) is 19.6 Å². The van der Waals surface area contributed by atoms with Crippen LogP contribution in [0.2, 0.25) is 0 Å². The van der Waals surface area contributed by atoms with Crippen LogP contribution in [0.5, 0.6) is 17.4 Å². The second kappa shape index (κ2) is 9.84. The quantitative estimate of drug-likeness (QED) is 0.194. The average Bonchev–Trinajstić information content (AvgIpc) is 3.21. The van der Waals surface area contributed by atoms with Gasteiger partial charge in [-0.1, -0.05) is 38.4 Å². The van der Waals surface area contributed by atoms with Gasteiger partial charge < -0.3 is 14.4 Å². The second-order valence-corrected chi connectivity index (χ2v) is 10.5. The SMILES string of the molecule is Cc1ccnc(-n2c3[c-]c(Oc4ccc5c(C#N)ccc(O)c5n4)ccc3c3cc(C(C)(C)C)ccc32)c1.[Pt]. The Morgan fingerprint density at radius 1 is 0.949 bits per heavy atom. The molecule has 196 valence electrons. The van der Waals surface area contributed by atoms with E-state index < -0.39 is 0 Å². The molecular weight excluding hydrogens is 667 g/mol. The molecule has 6 aromatic rings. The summed E-state index contributed by atoms with van der Waals surface area (Å²) in [5.41, 5.74) is 5.01. The Balaban J connectivity index is 0.00000308. The molecule has 0 aliphatic rings. The van der Waals surface area contributed by atoms with Crippen molar-refractivity contribution in [2.75, 3.05) is 0 Å². The van der Waals surface area contributed by atoms with Gasteiger partial charge in [-0.05, 0) is 65.3 Å². The van der Waals surface area contributed by atoms with Gasteiger partial charge in [0.05, 0.1) is 11.6 Å². The van der Waals surface area contributed by atoms with Gasteiger partial charge in [-0.3, -0.25) is 0 Å². The molecule has 0 amide bonds. The van der Waals surface area contributed by atoms with Crippen LogP contribution in [0.1, 0.15) is 37.5 Å². The number of ether oxygens (including phenoxy) is 1. The van der Waals surface area contributed by atoms with Gasteiger partial charge in [0.2, 0.25) is 5.88 Å². The number of nitriles is 1. The Morgan fingerprint density at radius 2 is 1.74 bits per heavy atom. The summed E-state index contributed by atoms with van der Waals surface area (Å²) in [5.74, 6) is 1.57. The number of fused-ring (bicyclic) bond motifs is 4. The molecule has 39 heavy (non-hydrogen) atoms. The third kappa shape index (κ3) is 4.64. The van der Waals surface area contributed by atoms with Crippen molar-refractivity contribution in [2.45, 2.75) is 33.1 Å². The molecule has 0 saturated carbocycles. The fourth-order valence-electron chi connectivity index (χ4n) is 4.78. The Bertz CT molecular complexity index is 1930. The van der Waals surface area contributed by atoms with E-state index in [0.29, 0.717) is 28.1 Å². The number of rotatable bonds is 3. The number of pyridine rings is 2. The zero-order valence-corrected chi connectivity index (χ0v) is 24.2. The molecule has 0 fully saturated rings. The first kappa shape index (κ1) is 26.4. The smallest absolute Gasteiger partial charge is 0.217 e. The predicted octanol–water partition coefficient (Wildman–Crippen LogP) is 7.50.